The van der Waals surface area contributed by atoms with Crippen LogP contribution in [0.1, 0.15) is 86.1 Å². The van der Waals surface area contributed by atoms with Crippen molar-refractivity contribution in [3.8, 4) is 22.3 Å². The quantitative estimate of drug-likeness (QED) is 0.181. The molecule has 1 aliphatic rings. The molecule has 0 unspecified atom stereocenters. The van der Waals surface area contributed by atoms with Crippen molar-refractivity contribution in [1.82, 2.24) is 0 Å². The van der Waals surface area contributed by atoms with Gasteiger partial charge in [0, 0.05) is 27.6 Å². The fourth-order valence-corrected chi connectivity index (χ4v) is 7.40. The third kappa shape index (κ3) is 6.13. The second kappa shape index (κ2) is 12.4. The summed E-state index contributed by atoms with van der Waals surface area (Å²) in [4.78, 5) is 11.3. The molecule has 6 aromatic carbocycles. The Bertz CT molecular complexity index is 2170. The number of rotatable bonds is 4. The van der Waals surface area contributed by atoms with Crippen molar-refractivity contribution >= 4 is 33.6 Å². The average Bonchev–Trinajstić information content (AvgIpc) is 3.36. The lowest BCUT2D eigenvalue weighted by molar-refractivity contribution is 0.590. The maximum absolute atomic E-state index is 5.64. The Balaban J connectivity index is 1.47. The molecule has 0 saturated carbocycles. The number of aryl methyl sites for hydroxylation is 4. The summed E-state index contributed by atoms with van der Waals surface area (Å²) in [6.07, 6.45) is 0. The molecular formula is C48H48N2. The monoisotopic (exact) mass is 652 g/mol. The Morgan fingerprint density at radius 1 is 0.420 bits per heavy atom. The van der Waals surface area contributed by atoms with Gasteiger partial charge in [0.05, 0.1) is 22.8 Å². The standard InChI is InChI=1S/C48H48N2/c1-29-25-31(3)43(40(27-29)33-17-21-36(22-18-33)47(5,6)7)49-45-38-15-11-13-35-14-12-16-39(42(35)38)46(45)50-44-32(4)26-30(2)28-41(44)34-19-23-37(24-20-34)48(8,9)10/h11-28H,1-10H3. The molecule has 0 radical (unpaired) electrons. The summed E-state index contributed by atoms with van der Waals surface area (Å²) < 4.78 is 0. The molecule has 0 saturated heterocycles. The fourth-order valence-electron chi connectivity index (χ4n) is 7.40. The largest absolute Gasteiger partial charge is 0.245 e. The van der Waals surface area contributed by atoms with E-state index in [2.05, 4.69) is 178 Å². The van der Waals surface area contributed by atoms with Crippen LogP contribution in [-0.4, -0.2) is 11.4 Å². The first-order chi connectivity index (χ1) is 23.7. The Kier molecular flexibility index (Phi) is 8.26. The van der Waals surface area contributed by atoms with E-state index in [0.717, 1.165) is 56.2 Å². The molecule has 6 aromatic rings. The molecular weight excluding hydrogens is 605 g/mol. The Morgan fingerprint density at radius 2 is 0.800 bits per heavy atom. The maximum Gasteiger partial charge on any atom is 0.0979 e. The zero-order valence-electron chi connectivity index (χ0n) is 31.3. The van der Waals surface area contributed by atoms with Crippen molar-refractivity contribution in [2.45, 2.75) is 80.1 Å². The highest BCUT2D eigenvalue weighted by atomic mass is 14.8. The number of hydrogen-bond donors (Lipinski definition) is 0. The predicted molar refractivity (Wildman–Crippen MR) is 216 cm³/mol. The highest BCUT2D eigenvalue weighted by Crippen LogP contribution is 2.42. The van der Waals surface area contributed by atoms with Crippen LogP contribution in [0, 0.1) is 27.7 Å². The van der Waals surface area contributed by atoms with Crippen LogP contribution in [0.15, 0.2) is 119 Å². The molecule has 1 aliphatic carbocycles. The minimum Gasteiger partial charge on any atom is -0.245 e. The van der Waals surface area contributed by atoms with Gasteiger partial charge in [-0.25, -0.2) is 9.98 Å². The SMILES string of the molecule is Cc1cc(C)c(N=C2C(=Nc3c(C)cc(C)cc3-c3ccc(C(C)(C)C)cc3)c3cccc4cccc2c34)c(-c2ccc(C(C)(C)C)cc2)c1. The van der Waals surface area contributed by atoms with Crippen LogP contribution in [0.4, 0.5) is 11.4 Å². The number of hydrogen-bond acceptors (Lipinski definition) is 2. The summed E-state index contributed by atoms with van der Waals surface area (Å²) in [5, 5.41) is 2.42. The van der Waals surface area contributed by atoms with Gasteiger partial charge in [0.25, 0.3) is 0 Å². The molecule has 50 heavy (non-hydrogen) atoms. The Morgan fingerprint density at radius 3 is 1.16 bits per heavy atom. The van der Waals surface area contributed by atoms with Gasteiger partial charge in [0.2, 0.25) is 0 Å². The lowest BCUT2D eigenvalue weighted by Crippen LogP contribution is -2.11. The summed E-state index contributed by atoms with van der Waals surface area (Å²) >= 11 is 0. The minimum absolute atomic E-state index is 0.0887. The van der Waals surface area contributed by atoms with Crippen LogP contribution in [0.25, 0.3) is 33.0 Å². The van der Waals surface area contributed by atoms with E-state index in [1.807, 2.05) is 0 Å². The second-order valence-corrected chi connectivity index (χ2v) is 16.2. The lowest BCUT2D eigenvalue weighted by Gasteiger charge is -2.20. The lowest BCUT2D eigenvalue weighted by atomic mass is 9.86. The Labute approximate surface area is 298 Å². The van der Waals surface area contributed by atoms with Gasteiger partial charge < -0.3 is 0 Å². The highest BCUT2D eigenvalue weighted by Gasteiger charge is 2.29. The average molecular weight is 653 g/mol. The van der Waals surface area contributed by atoms with Crippen LogP contribution in [0.2, 0.25) is 0 Å². The maximum atomic E-state index is 5.64. The van der Waals surface area contributed by atoms with E-state index in [1.54, 1.807) is 0 Å². The van der Waals surface area contributed by atoms with E-state index < -0.39 is 0 Å². The van der Waals surface area contributed by atoms with Crippen molar-refractivity contribution in [2.75, 3.05) is 0 Å². The van der Waals surface area contributed by atoms with Gasteiger partial charge in [-0.1, -0.05) is 150 Å². The molecule has 0 atom stereocenters. The number of aliphatic imine (C=N–C) groups is 2. The molecule has 0 aromatic heterocycles. The van der Waals surface area contributed by atoms with Gasteiger partial charge in [-0.2, -0.15) is 0 Å². The van der Waals surface area contributed by atoms with Crippen LogP contribution < -0.4 is 0 Å². The van der Waals surface area contributed by atoms with Gasteiger partial charge in [0.1, 0.15) is 0 Å². The van der Waals surface area contributed by atoms with Crippen LogP contribution in [0.5, 0.6) is 0 Å². The molecule has 7 rings (SSSR count). The van der Waals surface area contributed by atoms with Gasteiger partial charge in [-0.05, 0) is 89.4 Å². The molecule has 0 fully saturated rings. The van der Waals surface area contributed by atoms with E-state index >= 15 is 0 Å². The molecule has 0 bridgehead atoms. The van der Waals surface area contributed by atoms with E-state index in [4.69, 9.17) is 9.98 Å². The molecule has 2 heteroatoms. The Hall–Kier alpha value is -5.08. The predicted octanol–water partition coefficient (Wildman–Crippen LogP) is 13.3. The van der Waals surface area contributed by atoms with Crippen molar-refractivity contribution in [3.05, 3.63) is 154 Å². The first-order valence-corrected chi connectivity index (χ1v) is 17.8. The van der Waals surface area contributed by atoms with Crippen LogP contribution in [0.3, 0.4) is 0 Å². The topological polar surface area (TPSA) is 24.7 Å². The summed E-state index contributed by atoms with van der Waals surface area (Å²) in [6, 6.07) is 40.2. The zero-order valence-corrected chi connectivity index (χ0v) is 31.3. The fraction of sp³-hybridized carbons (Fsp3) is 0.250. The third-order valence-electron chi connectivity index (χ3n) is 10.1. The first kappa shape index (κ1) is 33.4. The van der Waals surface area contributed by atoms with Crippen LogP contribution in [-0.2, 0) is 10.8 Å². The second-order valence-electron chi connectivity index (χ2n) is 16.2. The molecule has 0 N–H and O–H groups in total. The van der Waals surface area contributed by atoms with Gasteiger partial charge in [0.15, 0.2) is 0 Å². The molecule has 2 nitrogen and oxygen atoms in total. The van der Waals surface area contributed by atoms with Crippen molar-refractivity contribution in [1.29, 1.82) is 0 Å². The molecule has 0 spiro atoms. The van der Waals surface area contributed by atoms with Crippen molar-refractivity contribution < 1.29 is 0 Å². The molecule has 0 heterocycles. The van der Waals surface area contributed by atoms with Crippen molar-refractivity contribution in [2.24, 2.45) is 9.98 Å². The van der Waals surface area contributed by atoms with E-state index in [1.165, 1.54) is 44.2 Å². The number of nitrogens with zero attached hydrogens (tertiary/aromatic N) is 2. The highest BCUT2D eigenvalue weighted by molar-refractivity contribution is 6.61. The smallest absolute Gasteiger partial charge is 0.0979 e. The zero-order chi connectivity index (χ0) is 35.5. The molecule has 0 aliphatic heterocycles. The van der Waals surface area contributed by atoms with E-state index in [0.29, 0.717) is 0 Å². The van der Waals surface area contributed by atoms with E-state index in [-0.39, 0.29) is 10.8 Å². The molecule has 250 valence electrons. The van der Waals surface area contributed by atoms with Gasteiger partial charge in [-0.3, -0.25) is 0 Å². The summed E-state index contributed by atoms with van der Waals surface area (Å²) in [5.74, 6) is 0. The normalized spacial score (nSPS) is 14.7. The number of benzene rings is 6. The third-order valence-corrected chi connectivity index (χ3v) is 10.1. The van der Waals surface area contributed by atoms with Gasteiger partial charge in [-0.15, -0.1) is 0 Å². The summed E-state index contributed by atoms with van der Waals surface area (Å²) in [5.41, 5.74) is 18.3. The van der Waals surface area contributed by atoms with Crippen LogP contribution >= 0.6 is 0 Å². The minimum atomic E-state index is 0.0887. The summed E-state index contributed by atoms with van der Waals surface area (Å²) in [6.45, 7) is 22.3. The first-order valence-electron chi connectivity index (χ1n) is 17.8. The van der Waals surface area contributed by atoms with E-state index in [9.17, 15) is 0 Å². The van der Waals surface area contributed by atoms with Gasteiger partial charge >= 0.3 is 0 Å². The molecule has 0 amide bonds. The summed E-state index contributed by atoms with van der Waals surface area (Å²) in [7, 11) is 0. The van der Waals surface area contributed by atoms with Crippen molar-refractivity contribution in [3.63, 3.8) is 0 Å².